The van der Waals surface area contributed by atoms with Crippen molar-refractivity contribution in [2.45, 2.75) is 19.6 Å². The molecule has 9 heavy (non-hydrogen) atoms. The summed E-state index contributed by atoms with van der Waals surface area (Å²) in [4.78, 5) is 9.59. The van der Waals surface area contributed by atoms with Gasteiger partial charge in [0.05, 0.1) is 0 Å². The van der Waals surface area contributed by atoms with Crippen molar-refractivity contribution >= 4 is 5.94 Å². The third-order valence-corrected chi connectivity index (χ3v) is 1.08. The van der Waals surface area contributed by atoms with E-state index in [0.29, 0.717) is 6.42 Å². The first kappa shape index (κ1) is 8.37. The number of aliphatic hydroxyl groups is 2. The number of rotatable bonds is 3. The minimum Gasteiger partial charge on any atom is -0.368 e. The van der Waals surface area contributed by atoms with Crippen molar-refractivity contribution in [1.29, 1.82) is 0 Å². The van der Waals surface area contributed by atoms with E-state index in [1.54, 1.807) is 12.9 Å². The zero-order valence-electron chi connectivity index (χ0n) is 5.24. The Balaban J connectivity index is 3.49. The van der Waals surface area contributed by atoms with Crippen molar-refractivity contribution in [3.05, 3.63) is 6.08 Å². The molecule has 3 nitrogen and oxygen atoms in total. The molecule has 0 amide bonds. The fraction of sp³-hybridized carbons (Fsp3) is 0.667. The monoisotopic (exact) mass is 130 g/mol. The predicted molar refractivity (Wildman–Crippen MR) is 32.3 cm³/mol. The van der Waals surface area contributed by atoms with Gasteiger partial charge in [0.15, 0.2) is 6.29 Å². The minimum absolute atomic E-state index is 0.286. The molecule has 0 spiro atoms. The predicted octanol–water partition coefficient (Wildman–Crippen LogP) is -0.289. The molecule has 0 radical (unpaired) electrons. The summed E-state index contributed by atoms with van der Waals surface area (Å²) in [5.74, 6) is 1.27. The maximum absolute atomic E-state index is 9.59. The third kappa shape index (κ3) is 3.91. The smallest absolute Gasteiger partial charge is 0.154 e. The lowest BCUT2D eigenvalue weighted by Crippen LogP contribution is -2.15. The van der Waals surface area contributed by atoms with Crippen molar-refractivity contribution in [3.63, 3.8) is 0 Å². The summed E-state index contributed by atoms with van der Waals surface area (Å²) >= 11 is 0. The van der Waals surface area contributed by atoms with Crippen LogP contribution in [0.25, 0.3) is 0 Å². The van der Waals surface area contributed by atoms with Crippen LogP contribution < -0.4 is 0 Å². The van der Waals surface area contributed by atoms with Gasteiger partial charge < -0.3 is 10.2 Å². The van der Waals surface area contributed by atoms with E-state index in [1.165, 1.54) is 6.08 Å². The van der Waals surface area contributed by atoms with Crippen LogP contribution in [0.3, 0.4) is 0 Å². The molecule has 52 valence electrons. The summed E-state index contributed by atoms with van der Waals surface area (Å²) in [5, 5.41) is 16.9. The Hall–Kier alpha value is -0.630. The molecular weight excluding hydrogens is 120 g/mol. The molecule has 3 heteroatoms. The van der Waals surface area contributed by atoms with Crippen LogP contribution in [0.15, 0.2) is 6.08 Å². The van der Waals surface area contributed by atoms with E-state index in [2.05, 4.69) is 0 Å². The van der Waals surface area contributed by atoms with Crippen LogP contribution in [-0.2, 0) is 4.79 Å². The Bertz CT molecular complexity index is 113. The highest BCUT2D eigenvalue weighted by Gasteiger charge is 2.07. The molecule has 0 aromatic carbocycles. The topological polar surface area (TPSA) is 57.5 Å². The van der Waals surface area contributed by atoms with Crippen molar-refractivity contribution in [2.24, 2.45) is 5.92 Å². The van der Waals surface area contributed by atoms with E-state index in [1.807, 2.05) is 0 Å². The maximum Gasteiger partial charge on any atom is 0.154 e. The van der Waals surface area contributed by atoms with Crippen LogP contribution >= 0.6 is 0 Å². The van der Waals surface area contributed by atoms with Gasteiger partial charge >= 0.3 is 0 Å². The number of carbonyl (C=O) groups excluding carboxylic acids is 1. The number of hydrogen-bond acceptors (Lipinski definition) is 3. The van der Waals surface area contributed by atoms with Crippen molar-refractivity contribution in [1.82, 2.24) is 0 Å². The van der Waals surface area contributed by atoms with Crippen LogP contribution in [0, 0.1) is 5.92 Å². The molecule has 0 aliphatic carbocycles. The van der Waals surface area contributed by atoms with E-state index in [0.717, 1.165) is 0 Å². The van der Waals surface area contributed by atoms with E-state index in [4.69, 9.17) is 10.2 Å². The van der Waals surface area contributed by atoms with Gasteiger partial charge in [0.1, 0.15) is 5.94 Å². The van der Waals surface area contributed by atoms with Gasteiger partial charge in [-0.05, 0) is 6.42 Å². The standard InChI is InChI=1S/C6H10O3/c1-5(6(8)9)3-2-4-7/h2,5-6,8-9H,3H2,1H3. The highest BCUT2D eigenvalue weighted by molar-refractivity contribution is 5.44. The summed E-state index contributed by atoms with van der Waals surface area (Å²) in [6.07, 6.45) is 0.264. The Morgan fingerprint density at radius 3 is 2.56 bits per heavy atom. The van der Waals surface area contributed by atoms with Gasteiger partial charge in [0.25, 0.3) is 0 Å². The second-order valence-corrected chi connectivity index (χ2v) is 1.95. The molecule has 0 aliphatic heterocycles. The van der Waals surface area contributed by atoms with E-state index < -0.39 is 6.29 Å². The van der Waals surface area contributed by atoms with Gasteiger partial charge in [-0.2, -0.15) is 0 Å². The highest BCUT2D eigenvalue weighted by atomic mass is 16.5. The van der Waals surface area contributed by atoms with Crippen molar-refractivity contribution < 1.29 is 15.0 Å². The Kier molecular flexibility index (Phi) is 3.97. The maximum atomic E-state index is 9.59. The molecule has 0 fully saturated rings. The van der Waals surface area contributed by atoms with Crippen LogP contribution in [0.4, 0.5) is 0 Å². The summed E-state index contributed by atoms with van der Waals surface area (Å²) < 4.78 is 0. The Labute approximate surface area is 53.6 Å². The van der Waals surface area contributed by atoms with Gasteiger partial charge in [-0.3, -0.25) is 0 Å². The lowest BCUT2D eigenvalue weighted by Gasteiger charge is -2.08. The molecule has 1 atom stereocenters. The van der Waals surface area contributed by atoms with Gasteiger partial charge in [0, 0.05) is 12.0 Å². The zero-order chi connectivity index (χ0) is 7.28. The van der Waals surface area contributed by atoms with E-state index >= 15 is 0 Å². The van der Waals surface area contributed by atoms with Crippen LogP contribution in [0.1, 0.15) is 13.3 Å². The first-order valence-corrected chi connectivity index (χ1v) is 2.74. The molecule has 2 N–H and O–H groups in total. The number of hydrogen-bond donors (Lipinski definition) is 2. The molecule has 0 rings (SSSR count). The summed E-state index contributed by atoms with van der Waals surface area (Å²) in [6.45, 7) is 1.64. The fourth-order valence-corrected chi connectivity index (χ4v) is 0.356. The van der Waals surface area contributed by atoms with Crippen LogP contribution in [-0.4, -0.2) is 22.4 Å². The molecule has 0 heterocycles. The van der Waals surface area contributed by atoms with Crippen LogP contribution in [0.2, 0.25) is 0 Å². The Morgan fingerprint density at radius 2 is 2.22 bits per heavy atom. The molecule has 0 bridgehead atoms. The third-order valence-electron chi connectivity index (χ3n) is 1.08. The normalized spacial score (nSPS) is 12.9. The van der Waals surface area contributed by atoms with Gasteiger partial charge in [-0.25, -0.2) is 4.79 Å². The molecule has 0 saturated heterocycles. The summed E-state index contributed by atoms with van der Waals surface area (Å²) in [6, 6.07) is 0. The summed E-state index contributed by atoms with van der Waals surface area (Å²) in [7, 11) is 0. The van der Waals surface area contributed by atoms with Crippen molar-refractivity contribution in [3.8, 4) is 0 Å². The SMILES string of the molecule is CC(CC=C=O)C(O)O. The molecule has 0 aromatic rings. The van der Waals surface area contributed by atoms with Crippen LogP contribution in [0.5, 0.6) is 0 Å². The average molecular weight is 130 g/mol. The highest BCUT2D eigenvalue weighted by Crippen LogP contribution is 2.04. The largest absolute Gasteiger partial charge is 0.368 e. The first-order chi connectivity index (χ1) is 4.18. The van der Waals surface area contributed by atoms with Crippen molar-refractivity contribution in [2.75, 3.05) is 0 Å². The van der Waals surface area contributed by atoms with E-state index in [9.17, 15) is 4.79 Å². The number of aliphatic hydroxyl groups excluding tert-OH is 1. The van der Waals surface area contributed by atoms with E-state index in [-0.39, 0.29) is 5.92 Å². The number of allylic oxidation sites excluding steroid dienone is 1. The molecule has 0 aromatic heterocycles. The van der Waals surface area contributed by atoms with Gasteiger partial charge in [0.2, 0.25) is 0 Å². The van der Waals surface area contributed by atoms with Gasteiger partial charge in [-0.1, -0.05) is 6.92 Å². The molecule has 0 aliphatic rings. The molecular formula is C6H10O3. The molecule has 0 saturated carbocycles. The quantitative estimate of drug-likeness (QED) is 0.407. The second kappa shape index (κ2) is 4.27. The fourth-order valence-electron chi connectivity index (χ4n) is 0.356. The Morgan fingerprint density at radius 1 is 1.67 bits per heavy atom. The minimum atomic E-state index is -1.34. The average Bonchev–Trinajstić information content (AvgIpc) is 1.82. The lowest BCUT2D eigenvalue weighted by atomic mass is 10.1. The first-order valence-electron chi connectivity index (χ1n) is 2.74. The zero-order valence-corrected chi connectivity index (χ0v) is 5.24. The molecule has 1 unspecified atom stereocenters. The second-order valence-electron chi connectivity index (χ2n) is 1.95. The van der Waals surface area contributed by atoms with Gasteiger partial charge in [-0.15, -0.1) is 0 Å². The lowest BCUT2D eigenvalue weighted by molar-refractivity contribution is -0.0773. The summed E-state index contributed by atoms with van der Waals surface area (Å²) in [5.41, 5.74) is 0.